The van der Waals surface area contributed by atoms with Gasteiger partial charge >= 0.3 is 0 Å². The normalized spacial score (nSPS) is 13.1. The van der Waals surface area contributed by atoms with Crippen molar-refractivity contribution in [2.24, 2.45) is 0 Å². The van der Waals surface area contributed by atoms with Gasteiger partial charge in [-0.25, -0.2) is 8.42 Å². The molecule has 2 rings (SSSR count). The number of nitrogens with one attached hydrogen (secondary N) is 1. The average Bonchev–Trinajstić information content (AvgIpc) is 2.52. The summed E-state index contributed by atoms with van der Waals surface area (Å²) in [7, 11) is -3.64. The van der Waals surface area contributed by atoms with Crippen LogP contribution in [-0.2, 0) is 21.2 Å². The van der Waals surface area contributed by atoms with Crippen LogP contribution in [0.2, 0.25) is 0 Å². The van der Waals surface area contributed by atoms with E-state index in [-0.39, 0.29) is 5.91 Å². The molecule has 152 valence electrons. The molecule has 0 aliphatic carbocycles. The van der Waals surface area contributed by atoms with Gasteiger partial charge in [-0.1, -0.05) is 36.4 Å². The maximum absolute atomic E-state index is 13.0. The van der Waals surface area contributed by atoms with E-state index in [9.17, 15) is 13.2 Å². The third kappa shape index (κ3) is 5.83. The van der Waals surface area contributed by atoms with Crippen LogP contribution in [0.25, 0.3) is 0 Å². The maximum Gasteiger partial charge on any atom is 0.244 e. The van der Waals surface area contributed by atoms with Crippen LogP contribution in [0.4, 0.5) is 5.69 Å². The summed E-state index contributed by atoms with van der Waals surface area (Å²) in [4.78, 5) is 13.0. The first-order chi connectivity index (χ1) is 12.9. The Hall–Kier alpha value is -2.34. The van der Waals surface area contributed by atoms with Gasteiger partial charge in [0.25, 0.3) is 0 Å². The summed E-state index contributed by atoms with van der Waals surface area (Å²) in [5.41, 5.74) is 2.98. The molecule has 1 atom stereocenters. The second-order valence-electron chi connectivity index (χ2n) is 8.12. The molecule has 0 unspecified atom stereocenters. The lowest BCUT2D eigenvalue weighted by molar-refractivity contribution is -0.123. The minimum Gasteiger partial charge on any atom is -0.349 e. The summed E-state index contributed by atoms with van der Waals surface area (Å²) in [6.07, 6.45) is 1.78. The highest BCUT2D eigenvalue weighted by Crippen LogP contribution is 2.24. The summed E-state index contributed by atoms with van der Waals surface area (Å²) >= 11 is 0. The van der Waals surface area contributed by atoms with E-state index in [0.29, 0.717) is 12.1 Å². The monoisotopic (exact) mass is 402 g/mol. The van der Waals surface area contributed by atoms with E-state index in [0.717, 1.165) is 22.9 Å². The summed E-state index contributed by atoms with van der Waals surface area (Å²) in [5.74, 6) is -0.328. The number of hydrogen-bond donors (Lipinski definition) is 1. The molecule has 0 spiro atoms. The Morgan fingerprint density at radius 3 is 2.11 bits per heavy atom. The van der Waals surface area contributed by atoms with Gasteiger partial charge in [0.05, 0.1) is 11.9 Å². The number of sulfonamides is 1. The van der Waals surface area contributed by atoms with E-state index in [1.54, 1.807) is 19.1 Å². The van der Waals surface area contributed by atoms with Crippen molar-refractivity contribution in [3.8, 4) is 0 Å². The topological polar surface area (TPSA) is 66.5 Å². The Morgan fingerprint density at radius 2 is 1.61 bits per heavy atom. The lowest BCUT2D eigenvalue weighted by atomic mass is 9.94. The van der Waals surface area contributed by atoms with Crippen LogP contribution in [0.5, 0.6) is 0 Å². The zero-order chi connectivity index (χ0) is 21.1. The zero-order valence-corrected chi connectivity index (χ0v) is 18.3. The zero-order valence-electron chi connectivity index (χ0n) is 17.5. The fourth-order valence-corrected chi connectivity index (χ4v) is 4.63. The maximum atomic E-state index is 13.0. The number of nitrogens with zero attached hydrogens (tertiary/aromatic N) is 1. The number of carbonyl (C=O) groups excluding carboxylic acids is 1. The molecule has 0 bridgehead atoms. The Labute approximate surface area is 168 Å². The standard InChI is InChI=1S/C22H30N2O3S/c1-16-12-17(2)14-20(13-16)24(28(6,26)27)18(3)21(25)23-22(4,5)15-19-10-8-7-9-11-19/h7-14,18H,15H2,1-6H3,(H,23,25)/t18-/m0/s1. The van der Waals surface area contributed by atoms with Crippen LogP contribution >= 0.6 is 0 Å². The van der Waals surface area contributed by atoms with Crippen molar-refractivity contribution in [2.75, 3.05) is 10.6 Å². The van der Waals surface area contributed by atoms with Gasteiger partial charge in [0, 0.05) is 5.54 Å². The SMILES string of the molecule is Cc1cc(C)cc(N([C@@H](C)C(=O)NC(C)(C)Cc2ccccc2)S(C)(=O)=O)c1. The molecule has 0 saturated carbocycles. The van der Waals surface area contributed by atoms with E-state index in [1.807, 2.05) is 64.1 Å². The number of aryl methyl sites for hydroxylation is 2. The number of amides is 1. The molecule has 0 saturated heterocycles. The van der Waals surface area contributed by atoms with Gasteiger partial charge in [0.15, 0.2) is 0 Å². The Morgan fingerprint density at radius 1 is 1.07 bits per heavy atom. The molecule has 2 aromatic rings. The van der Waals surface area contributed by atoms with Crippen molar-refractivity contribution in [3.05, 3.63) is 65.2 Å². The molecule has 2 aromatic carbocycles. The molecule has 0 aromatic heterocycles. The fraction of sp³-hybridized carbons (Fsp3) is 0.409. The van der Waals surface area contributed by atoms with Crippen molar-refractivity contribution < 1.29 is 13.2 Å². The molecule has 5 nitrogen and oxygen atoms in total. The third-order valence-corrected chi connectivity index (χ3v) is 5.74. The van der Waals surface area contributed by atoms with Crippen LogP contribution in [-0.4, -0.2) is 32.2 Å². The van der Waals surface area contributed by atoms with Gasteiger partial charge in [0.2, 0.25) is 15.9 Å². The van der Waals surface area contributed by atoms with Crippen LogP contribution in [0.3, 0.4) is 0 Å². The number of rotatable bonds is 7. The summed E-state index contributed by atoms with van der Waals surface area (Å²) < 4.78 is 26.2. The minimum atomic E-state index is -3.64. The number of anilines is 1. The molecule has 0 heterocycles. The highest BCUT2D eigenvalue weighted by atomic mass is 32.2. The predicted octanol–water partition coefficient (Wildman–Crippen LogP) is 3.60. The Kier molecular flexibility index (Phi) is 6.55. The second-order valence-corrected chi connectivity index (χ2v) is 9.98. The quantitative estimate of drug-likeness (QED) is 0.770. The van der Waals surface area contributed by atoms with Crippen LogP contribution in [0, 0.1) is 13.8 Å². The molecule has 0 radical (unpaired) electrons. The predicted molar refractivity (Wildman–Crippen MR) is 115 cm³/mol. The van der Waals surface area contributed by atoms with Gasteiger partial charge in [-0.2, -0.15) is 0 Å². The van der Waals surface area contributed by atoms with Gasteiger partial charge in [-0.15, -0.1) is 0 Å². The highest BCUT2D eigenvalue weighted by molar-refractivity contribution is 7.92. The molecule has 0 aliphatic heterocycles. The van der Waals surface area contributed by atoms with Gasteiger partial charge < -0.3 is 5.32 Å². The van der Waals surface area contributed by atoms with Crippen molar-refractivity contribution >= 4 is 21.6 Å². The van der Waals surface area contributed by atoms with Crippen LogP contribution < -0.4 is 9.62 Å². The van der Waals surface area contributed by atoms with Crippen LogP contribution in [0.1, 0.15) is 37.5 Å². The lowest BCUT2D eigenvalue weighted by Crippen LogP contribution is -2.54. The van der Waals surface area contributed by atoms with Crippen molar-refractivity contribution in [2.45, 2.75) is 52.6 Å². The van der Waals surface area contributed by atoms with Gasteiger partial charge in [-0.05, 0) is 69.9 Å². The van der Waals surface area contributed by atoms with E-state index in [4.69, 9.17) is 0 Å². The summed E-state index contributed by atoms with van der Waals surface area (Å²) in [6, 6.07) is 14.6. The molecule has 6 heteroatoms. The van der Waals surface area contributed by atoms with E-state index >= 15 is 0 Å². The third-order valence-electron chi connectivity index (χ3n) is 4.50. The smallest absolute Gasteiger partial charge is 0.244 e. The molecule has 0 fully saturated rings. The first-order valence-electron chi connectivity index (χ1n) is 9.33. The second kappa shape index (κ2) is 8.35. The van der Waals surface area contributed by atoms with E-state index < -0.39 is 21.6 Å². The van der Waals surface area contributed by atoms with Gasteiger partial charge in [0.1, 0.15) is 6.04 Å². The van der Waals surface area contributed by atoms with Crippen LogP contribution in [0.15, 0.2) is 48.5 Å². The minimum absolute atomic E-state index is 0.328. The Bertz CT molecular complexity index is 917. The van der Waals surface area contributed by atoms with E-state index in [1.165, 1.54) is 4.31 Å². The highest BCUT2D eigenvalue weighted by Gasteiger charge is 2.32. The van der Waals surface area contributed by atoms with E-state index in [2.05, 4.69) is 5.32 Å². The lowest BCUT2D eigenvalue weighted by Gasteiger charge is -2.33. The largest absolute Gasteiger partial charge is 0.349 e. The molecule has 1 N–H and O–H groups in total. The molecule has 0 aliphatic rings. The fourth-order valence-electron chi connectivity index (χ4n) is 3.48. The van der Waals surface area contributed by atoms with Crippen molar-refractivity contribution in [1.82, 2.24) is 5.32 Å². The molecule has 28 heavy (non-hydrogen) atoms. The summed E-state index contributed by atoms with van der Waals surface area (Å²) in [5, 5.41) is 3.01. The first kappa shape index (κ1) is 22.0. The molecule has 1 amide bonds. The van der Waals surface area contributed by atoms with Crippen molar-refractivity contribution in [3.63, 3.8) is 0 Å². The van der Waals surface area contributed by atoms with Gasteiger partial charge in [-0.3, -0.25) is 9.10 Å². The first-order valence-corrected chi connectivity index (χ1v) is 11.2. The average molecular weight is 403 g/mol. The number of carbonyl (C=O) groups is 1. The number of benzene rings is 2. The molecular formula is C22H30N2O3S. The summed E-state index contributed by atoms with van der Waals surface area (Å²) in [6.45, 7) is 9.31. The molecular weight excluding hydrogens is 372 g/mol. The Balaban J connectivity index is 2.26. The number of hydrogen-bond acceptors (Lipinski definition) is 3. The van der Waals surface area contributed by atoms with Crippen molar-refractivity contribution in [1.29, 1.82) is 0 Å².